The fraction of sp³-hybridized carbons (Fsp3) is 0.812. The van der Waals surface area contributed by atoms with E-state index in [1.165, 1.54) is 20.8 Å². The second-order valence-corrected chi connectivity index (χ2v) is 8.20. The van der Waals surface area contributed by atoms with Crippen LogP contribution in [0.15, 0.2) is 0 Å². The van der Waals surface area contributed by atoms with Crippen LogP contribution in [0.4, 0.5) is 0 Å². The van der Waals surface area contributed by atoms with Gasteiger partial charge in [-0.1, -0.05) is 13.8 Å². The predicted molar refractivity (Wildman–Crippen MR) is 96.5 cm³/mol. The molecule has 1 aliphatic heterocycles. The van der Waals surface area contributed by atoms with Crippen molar-refractivity contribution in [3.05, 3.63) is 0 Å². The van der Waals surface area contributed by atoms with E-state index in [2.05, 4.69) is 0 Å². The summed E-state index contributed by atoms with van der Waals surface area (Å²) in [4.78, 5) is 34.2. The molecule has 25 heavy (non-hydrogen) atoms. The number of hydrogen-bond donors (Lipinski definition) is 0. The van der Waals surface area contributed by atoms with Gasteiger partial charge in [-0.2, -0.15) is 11.8 Å². The maximum atomic E-state index is 11.6. The van der Waals surface area contributed by atoms with Crippen molar-refractivity contribution in [2.75, 3.05) is 18.1 Å². The molecule has 0 aromatic heterocycles. The fourth-order valence-electron chi connectivity index (χ4n) is 2.55. The van der Waals surface area contributed by atoms with E-state index in [4.69, 9.17) is 18.9 Å². The van der Waals surface area contributed by atoms with Gasteiger partial charge in [0, 0.05) is 20.8 Å². The van der Waals surface area contributed by atoms with Gasteiger partial charge in [-0.25, -0.2) is 0 Å². The normalized spacial score (nSPS) is 26.8. The average molecular weight is 395 g/mol. The smallest absolute Gasteiger partial charge is 0.303 e. The summed E-state index contributed by atoms with van der Waals surface area (Å²) in [5, 5.41) is -0.0979. The maximum absolute atomic E-state index is 11.6. The molecule has 0 bridgehead atoms. The summed E-state index contributed by atoms with van der Waals surface area (Å²) in [5.41, 5.74) is -0.209. The fourth-order valence-corrected chi connectivity index (χ4v) is 4.91. The van der Waals surface area contributed by atoms with Gasteiger partial charge in [-0.3, -0.25) is 14.4 Å². The van der Waals surface area contributed by atoms with Crippen LogP contribution in [0.5, 0.6) is 0 Å². The first-order chi connectivity index (χ1) is 11.8. The molecule has 1 rings (SSSR count). The van der Waals surface area contributed by atoms with Crippen molar-refractivity contribution in [2.45, 2.75) is 63.6 Å². The van der Waals surface area contributed by atoms with E-state index in [0.29, 0.717) is 0 Å². The van der Waals surface area contributed by atoms with Crippen LogP contribution < -0.4 is 0 Å². The van der Waals surface area contributed by atoms with E-state index >= 15 is 0 Å². The lowest BCUT2D eigenvalue weighted by atomic mass is 10.1. The second kappa shape index (κ2) is 10.9. The van der Waals surface area contributed by atoms with Gasteiger partial charge in [0.2, 0.25) is 0 Å². The van der Waals surface area contributed by atoms with Gasteiger partial charge in [0.15, 0.2) is 6.10 Å². The molecule has 0 N–H and O–H groups in total. The number of rotatable bonds is 9. The van der Waals surface area contributed by atoms with E-state index < -0.39 is 36.2 Å². The number of carbonyl (C=O) groups excluding carboxylic acids is 3. The van der Waals surface area contributed by atoms with Crippen LogP contribution in [0.25, 0.3) is 0 Å². The van der Waals surface area contributed by atoms with E-state index in [-0.39, 0.29) is 17.3 Å². The maximum Gasteiger partial charge on any atom is 0.303 e. The highest BCUT2D eigenvalue weighted by molar-refractivity contribution is 8.03. The third kappa shape index (κ3) is 7.07. The molecule has 0 amide bonds. The van der Waals surface area contributed by atoms with E-state index in [0.717, 1.165) is 11.5 Å². The first-order valence-electron chi connectivity index (χ1n) is 8.16. The molecule has 1 fully saturated rings. The summed E-state index contributed by atoms with van der Waals surface area (Å²) < 4.78 is 21.9. The Morgan fingerprint density at radius 1 is 1.00 bits per heavy atom. The zero-order chi connectivity index (χ0) is 19.0. The van der Waals surface area contributed by atoms with E-state index in [1.807, 2.05) is 13.8 Å². The van der Waals surface area contributed by atoms with Crippen LogP contribution in [0, 0.1) is 0 Å². The van der Waals surface area contributed by atoms with E-state index in [9.17, 15) is 14.4 Å². The number of carbonyl (C=O) groups is 3. The standard InChI is InChI=1S/C16H26O7S2/c1-6-24-15-14(22-11(5)19)13(23-16(15)25-7-2)12(21-10(4)18)8-20-9(3)17/h12-16H,6-8H2,1-5H3/t12-,13+,14+,15+,16-/m1/s1. The van der Waals surface area contributed by atoms with Crippen molar-refractivity contribution in [1.29, 1.82) is 0 Å². The van der Waals surface area contributed by atoms with Crippen molar-refractivity contribution in [1.82, 2.24) is 0 Å². The van der Waals surface area contributed by atoms with Gasteiger partial charge >= 0.3 is 17.9 Å². The zero-order valence-electron chi connectivity index (χ0n) is 15.2. The number of hydrogen-bond acceptors (Lipinski definition) is 9. The lowest BCUT2D eigenvalue weighted by Gasteiger charge is -2.27. The Hall–Kier alpha value is -0.930. The molecular formula is C16H26O7S2. The molecule has 1 aliphatic rings. The molecule has 0 aliphatic carbocycles. The molecule has 0 radical (unpaired) electrons. The molecule has 1 heterocycles. The van der Waals surface area contributed by atoms with Crippen molar-refractivity contribution in [3.8, 4) is 0 Å². The van der Waals surface area contributed by atoms with Gasteiger partial charge in [0.1, 0.15) is 24.3 Å². The highest BCUT2D eigenvalue weighted by Gasteiger charge is 2.51. The Morgan fingerprint density at radius 3 is 2.12 bits per heavy atom. The summed E-state index contributed by atoms with van der Waals surface area (Å²) in [6.07, 6.45) is -2.13. The molecule has 9 heteroatoms. The highest BCUT2D eigenvalue weighted by atomic mass is 32.2. The second-order valence-electron chi connectivity index (χ2n) is 5.37. The van der Waals surface area contributed by atoms with Crippen molar-refractivity contribution in [3.63, 3.8) is 0 Å². The molecule has 0 spiro atoms. The Bertz CT molecular complexity index is 471. The van der Waals surface area contributed by atoms with Crippen LogP contribution in [-0.4, -0.2) is 65.0 Å². The molecule has 0 aromatic carbocycles. The summed E-state index contributed by atoms with van der Waals surface area (Å²) in [6.45, 7) is 7.75. The highest BCUT2D eigenvalue weighted by Crippen LogP contribution is 2.40. The summed E-state index contributed by atoms with van der Waals surface area (Å²) in [6, 6.07) is 0. The minimum atomic E-state index is -0.840. The topological polar surface area (TPSA) is 88.1 Å². The van der Waals surface area contributed by atoms with Crippen molar-refractivity contribution in [2.24, 2.45) is 0 Å². The van der Waals surface area contributed by atoms with Crippen LogP contribution in [0.3, 0.4) is 0 Å². The predicted octanol–water partition coefficient (Wildman–Crippen LogP) is 2.01. The Balaban J connectivity index is 3.06. The quantitative estimate of drug-likeness (QED) is 0.430. The summed E-state index contributed by atoms with van der Waals surface area (Å²) in [5.74, 6) is 0.206. The summed E-state index contributed by atoms with van der Waals surface area (Å²) in [7, 11) is 0. The third-order valence-corrected chi connectivity index (χ3v) is 5.81. The first kappa shape index (κ1) is 22.1. The average Bonchev–Trinajstić information content (AvgIpc) is 2.81. The summed E-state index contributed by atoms with van der Waals surface area (Å²) >= 11 is 3.23. The van der Waals surface area contributed by atoms with Gasteiger partial charge in [-0.05, 0) is 11.5 Å². The third-order valence-electron chi connectivity index (χ3n) is 3.33. The van der Waals surface area contributed by atoms with Crippen LogP contribution in [0.1, 0.15) is 34.6 Å². The molecule has 0 aromatic rings. The number of ether oxygens (including phenoxy) is 4. The van der Waals surface area contributed by atoms with Crippen LogP contribution >= 0.6 is 23.5 Å². The molecule has 5 atom stereocenters. The first-order valence-corrected chi connectivity index (χ1v) is 10.3. The van der Waals surface area contributed by atoms with Crippen LogP contribution in [0.2, 0.25) is 0 Å². The molecular weight excluding hydrogens is 368 g/mol. The lowest BCUT2D eigenvalue weighted by Crippen LogP contribution is -2.45. The number of thioether (sulfide) groups is 2. The largest absolute Gasteiger partial charge is 0.462 e. The molecule has 0 saturated carbocycles. The van der Waals surface area contributed by atoms with Crippen molar-refractivity contribution < 1.29 is 33.3 Å². The Labute approximate surface area is 156 Å². The van der Waals surface area contributed by atoms with E-state index in [1.54, 1.807) is 23.5 Å². The number of esters is 3. The van der Waals surface area contributed by atoms with Gasteiger partial charge in [0.25, 0.3) is 0 Å². The van der Waals surface area contributed by atoms with Gasteiger partial charge < -0.3 is 18.9 Å². The minimum Gasteiger partial charge on any atom is -0.462 e. The Morgan fingerprint density at radius 2 is 1.64 bits per heavy atom. The SMILES string of the molecule is CCS[C@H]1[C@@H](OC(C)=O)[C@H]([C@@H](COC(C)=O)OC(C)=O)O[C@@H]1SCC. The molecule has 144 valence electrons. The van der Waals surface area contributed by atoms with Crippen LogP contribution in [-0.2, 0) is 33.3 Å². The molecule has 7 nitrogen and oxygen atoms in total. The molecule has 1 saturated heterocycles. The van der Waals surface area contributed by atoms with Gasteiger partial charge in [0.05, 0.1) is 5.25 Å². The lowest BCUT2D eigenvalue weighted by molar-refractivity contribution is -0.172. The monoisotopic (exact) mass is 394 g/mol. The van der Waals surface area contributed by atoms with Crippen molar-refractivity contribution >= 4 is 41.4 Å². The molecule has 0 unspecified atom stereocenters. The minimum absolute atomic E-state index is 0.0979. The van der Waals surface area contributed by atoms with Gasteiger partial charge in [-0.15, -0.1) is 11.8 Å². The zero-order valence-corrected chi connectivity index (χ0v) is 16.8. The Kier molecular flexibility index (Phi) is 9.66.